The second kappa shape index (κ2) is 9.36. The van der Waals surface area contributed by atoms with Gasteiger partial charge < -0.3 is 11.1 Å². The van der Waals surface area contributed by atoms with Crippen molar-refractivity contribution in [3.05, 3.63) is 78.1 Å². The summed E-state index contributed by atoms with van der Waals surface area (Å²) in [6, 6.07) is 19.3. The Labute approximate surface area is 164 Å². The van der Waals surface area contributed by atoms with Gasteiger partial charge in [-0.05, 0) is 17.5 Å². The van der Waals surface area contributed by atoms with Crippen LogP contribution in [0.25, 0.3) is 0 Å². The van der Waals surface area contributed by atoms with Gasteiger partial charge in [0.2, 0.25) is 5.91 Å². The first kappa shape index (κ1) is 19.2. The first-order valence-corrected chi connectivity index (χ1v) is 9.20. The Morgan fingerprint density at radius 1 is 0.964 bits per heavy atom. The third-order valence-corrected chi connectivity index (χ3v) is 4.26. The Bertz CT molecular complexity index is 862. The van der Waals surface area contributed by atoms with Crippen LogP contribution in [-0.2, 0) is 4.79 Å². The molecule has 0 bridgehead atoms. The molecule has 144 valence electrons. The molecule has 0 saturated carbocycles. The molecule has 1 amide bonds. The predicted molar refractivity (Wildman–Crippen MR) is 112 cm³/mol. The van der Waals surface area contributed by atoms with E-state index in [-0.39, 0.29) is 5.91 Å². The van der Waals surface area contributed by atoms with E-state index in [1.54, 1.807) is 0 Å². The maximum atomic E-state index is 13.0. The zero-order valence-electron chi connectivity index (χ0n) is 15.7. The number of hydrogen-bond acceptors (Lipinski definition) is 6. The van der Waals surface area contributed by atoms with Gasteiger partial charge in [-0.2, -0.15) is 0 Å². The molecular weight excluding hydrogens is 352 g/mol. The molecule has 2 aromatic carbocycles. The molecule has 3 aromatic rings. The van der Waals surface area contributed by atoms with Crippen LogP contribution in [-0.4, -0.2) is 22.4 Å². The number of amides is 1. The average molecular weight is 376 g/mol. The fourth-order valence-electron chi connectivity index (χ4n) is 2.86. The van der Waals surface area contributed by atoms with Crippen LogP contribution in [0.4, 0.5) is 17.3 Å². The topological polar surface area (TPSA) is 105 Å². The van der Waals surface area contributed by atoms with Gasteiger partial charge in [-0.15, -0.1) is 0 Å². The van der Waals surface area contributed by atoms with E-state index in [0.29, 0.717) is 17.3 Å². The standard InChI is InChI=1S/C21H24N6O/c1-2-13-23-19-18(22)20(25-14-24-19)26-27-21(28)17(15-9-5-3-6-10-15)16-11-7-4-8-12-16/h3-12,14,17H,2,13,22H2,1H3,(H,27,28)(H2,23,24,25,26). The van der Waals surface area contributed by atoms with Crippen LogP contribution in [0.2, 0.25) is 0 Å². The van der Waals surface area contributed by atoms with E-state index in [1.165, 1.54) is 6.33 Å². The molecule has 0 atom stereocenters. The summed E-state index contributed by atoms with van der Waals surface area (Å²) in [5.74, 6) is 0.215. The highest BCUT2D eigenvalue weighted by Crippen LogP contribution is 2.25. The second-order valence-corrected chi connectivity index (χ2v) is 6.28. The molecule has 1 heterocycles. The molecule has 5 N–H and O–H groups in total. The number of carbonyl (C=O) groups is 1. The summed E-state index contributed by atoms with van der Waals surface area (Å²) in [5.41, 5.74) is 13.8. The molecule has 0 radical (unpaired) electrons. The van der Waals surface area contributed by atoms with Crippen molar-refractivity contribution in [3.8, 4) is 0 Å². The third-order valence-electron chi connectivity index (χ3n) is 4.26. The van der Waals surface area contributed by atoms with Gasteiger partial charge in [0.05, 0.1) is 5.92 Å². The molecule has 28 heavy (non-hydrogen) atoms. The third kappa shape index (κ3) is 4.56. The van der Waals surface area contributed by atoms with Crippen LogP contribution in [0.5, 0.6) is 0 Å². The quantitative estimate of drug-likeness (QED) is 0.450. The Kier molecular flexibility index (Phi) is 6.41. The van der Waals surface area contributed by atoms with Crippen molar-refractivity contribution < 1.29 is 4.79 Å². The van der Waals surface area contributed by atoms with Crippen LogP contribution in [0.3, 0.4) is 0 Å². The van der Waals surface area contributed by atoms with Gasteiger partial charge in [-0.1, -0.05) is 67.6 Å². The number of nitrogen functional groups attached to an aromatic ring is 1. The van der Waals surface area contributed by atoms with Crippen LogP contribution in [0.1, 0.15) is 30.4 Å². The van der Waals surface area contributed by atoms with Gasteiger partial charge in [0.15, 0.2) is 11.6 Å². The minimum atomic E-state index is -0.462. The van der Waals surface area contributed by atoms with E-state index in [4.69, 9.17) is 5.73 Å². The van der Waals surface area contributed by atoms with E-state index < -0.39 is 5.92 Å². The number of benzene rings is 2. The Hall–Kier alpha value is -3.61. The fraction of sp³-hybridized carbons (Fsp3) is 0.190. The SMILES string of the molecule is CCCNc1ncnc(NNC(=O)C(c2ccccc2)c2ccccc2)c1N. The molecule has 0 spiro atoms. The fourth-order valence-corrected chi connectivity index (χ4v) is 2.86. The van der Waals surface area contributed by atoms with Gasteiger partial charge in [0, 0.05) is 6.54 Å². The van der Waals surface area contributed by atoms with E-state index in [2.05, 4.69) is 33.1 Å². The van der Waals surface area contributed by atoms with E-state index in [1.807, 2.05) is 60.7 Å². The maximum Gasteiger partial charge on any atom is 0.250 e. The number of rotatable bonds is 8. The van der Waals surface area contributed by atoms with Crippen LogP contribution >= 0.6 is 0 Å². The van der Waals surface area contributed by atoms with Gasteiger partial charge in [0.25, 0.3) is 0 Å². The molecule has 7 heteroatoms. The molecule has 0 fully saturated rings. The number of nitrogens with one attached hydrogen (secondary N) is 3. The monoisotopic (exact) mass is 376 g/mol. The Balaban J connectivity index is 1.78. The molecule has 0 aliphatic rings. The number of anilines is 3. The summed E-state index contributed by atoms with van der Waals surface area (Å²) in [6.45, 7) is 2.80. The van der Waals surface area contributed by atoms with Crippen molar-refractivity contribution >= 4 is 23.2 Å². The van der Waals surface area contributed by atoms with Gasteiger partial charge in [0.1, 0.15) is 12.0 Å². The molecule has 0 aliphatic carbocycles. The number of carbonyl (C=O) groups excluding carboxylic acids is 1. The lowest BCUT2D eigenvalue weighted by Crippen LogP contribution is -2.35. The number of nitrogens with zero attached hydrogens (tertiary/aromatic N) is 2. The first-order valence-electron chi connectivity index (χ1n) is 9.20. The summed E-state index contributed by atoms with van der Waals surface area (Å²) < 4.78 is 0. The highest BCUT2D eigenvalue weighted by molar-refractivity contribution is 5.88. The molecule has 3 rings (SSSR count). The highest BCUT2D eigenvalue weighted by Gasteiger charge is 2.22. The molecule has 1 aromatic heterocycles. The average Bonchev–Trinajstić information content (AvgIpc) is 2.74. The Morgan fingerprint density at radius 2 is 1.54 bits per heavy atom. The lowest BCUT2D eigenvalue weighted by molar-refractivity contribution is -0.121. The summed E-state index contributed by atoms with van der Waals surface area (Å²) in [5, 5.41) is 3.14. The van der Waals surface area contributed by atoms with Crippen molar-refractivity contribution in [2.45, 2.75) is 19.3 Å². The second-order valence-electron chi connectivity index (χ2n) is 6.28. The minimum absolute atomic E-state index is 0.210. The van der Waals surface area contributed by atoms with Crippen molar-refractivity contribution in [2.75, 3.05) is 23.0 Å². The molecule has 0 aliphatic heterocycles. The van der Waals surface area contributed by atoms with Crippen LogP contribution in [0, 0.1) is 0 Å². The van der Waals surface area contributed by atoms with Crippen LogP contribution in [0.15, 0.2) is 67.0 Å². The van der Waals surface area contributed by atoms with Crippen molar-refractivity contribution in [2.24, 2.45) is 0 Å². The van der Waals surface area contributed by atoms with Crippen molar-refractivity contribution in [1.29, 1.82) is 0 Å². The van der Waals surface area contributed by atoms with Crippen LogP contribution < -0.4 is 21.9 Å². The van der Waals surface area contributed by atoms with Crippen molar-refractivity contribution in [3.63, 3.8) is 0 Å². The summed E-state index contributed by atoms with van der Waals surface area (Å²) in [7, 11) is 0. The predicted octanol–water partition coefficient (Wildman–Crippen LogP) is 3.16. The first-order chi connectivity index (χ1) is 13.7. The lowest BCUT2D eigenvalue weighted by Gasteiger charge is -2.19. The number of nitrogens with two attached hydrogens (primary N) is 1. The summed E-state index contributed by atoms with van der Waals surface area (Å²) in [4.78, 5) is 21.3. The zero-order chi connectivity index (χ0) is 19.8. The number of hydrazine groups is 1. The normalized spacial score (nSPS) is 10.5. The van der Waals surface area contributed by atoms with Gasteiger partial charge in [-0.3, -0.25) is 15.6 Å². The molecular formula is C21H24N6O. The van der Waals surface area contributed by atoms with Gasteiger partial charge in [-0.25, -0.2) is 9.97 Å². The van der Waals surface area contributed by atoms with E-state index >= 15 is 0 Å². The van der Waals surface area contributed by atoms with E-state index in [9.17, 15) is 4.79 Å². The minimum Gasteiger partial charge on any atom is -0.393 e. The Morgan fingerprint density at radius 3 is 2.11 bits per heavy atom. The smallest absolute Gasteiger partial charge is 0.250 e. The summed E-state index contributed by atoms with van der Waals surface area (Å²) >= 11 is 0. The maximum absolute atomic E-state index is 13.0. The highest BCUT2D eigenvalue weighted by atomic mass is 16.2. The largest absolute Gasteiger partial charge is 0.393 e. The molecule has 0 saturated heterocycles. The summed E-state index contributed by atoms with van der Waals surface area (Å²) in [6.07, 6.45) is 2.34. The number of aromatic nitrogens is 2. The zero-order valence-corrected chi connectivity index (χ0v) is 15.7. The lowest BCUT2D eigenvalue weighted by atomic mass is 9.91. The van der Waals surface area contributed by atoms with Crippen molar-refractivity contribution in [1.82, 2.24) is 15.4 Å². The van der Waals surface area contributed by atoms with E-state index in [0.717, 1.165) is 24.1 Å². The molecule has 0 unspecified atom stereocenters. The number of hydrogen-bond donors (Lipinski definition) is 4. The molecule has 7 nitrogen and oxygen atoms in total. The van der Waals surface area contributed by atoms with Gasteiger partial charge >= 0.3 is 0 Å².